The summed E-state index contributed by atoms with van der Waals surface area (Å²) in [6, 6.07) is 10.7. The summed E-state index contributed by atoms with van der Waals surface area (Å²) in [7, 11) is 0. The number of benzene rings is 2. The zero-order valence-corrected chi connectivity index (χ0v) is 16.7. The van der Waals surface area contributed by atoms with E-state index in [0.717, 1.165) is 12.1 Å². The molecule has 0 aliphatic carbocycles. The molecule has 0 saturated carbocycles. The van der Waals surface area contributed by atoms with Gasteiger partial charge in [0.05, 0.1) is 28.6 Å². The van der Waals surface area contributed by atoms with Crippen molar-refractivity contribution < 1.29 is 32.0 Å². The summed E-state index contributed by atoms with van der Waals surface area (Å²) in [5.41, 5.74) is -0.547. The molecular weight excluding hydrogens is 427 g/mol. The van der Waals surface area contributed by atoms with Crippen molar-refractivity contribution in [3.8, 4) is 0 Å². The number of hydrogen-bond acceptors (Lipinski definition) is 4. The molecule has 0 saturated heterocycles. The van der Waals surface area contributed by atoms with Gasteiger partial charge < -0.3 is 20.4 Å². The summed E-state index contributed by atoms with van der Waals surface area (Å²) in [6.45, 7) is 1.46. The summed E-state index contributed by atoms with van der Waals surface area (Å²) >= 11 is 0. The molecule has 0 unspecified atom stereocenters. The summed E-state index contributed by atoms with van der Waals surface area (Å²) < 4.78 is 43.5. The van der Waals surface area contributed by atoms with Crippen LogP contribution in [0.15, 0.2) is 71.5 Å². The van der Waals surface area contributed by atoms with Gasteiger partial charge in [-0.2, -0.15) is 13.2 Å². The Morgan fingerprint density at radius 1 is 0.938 bits per heavy atom. The molecule has 7 nitrogen and oxygen atoms in total. The Bertz CT molecular complexity index is 1130. The van der Waals surface area contributed by atoms with E-state index in [1.165, 1.54) is 49.8 Å². The molecule has 1 atom stereocenters. The molecule has 2 aromatic carbocycles. The number of nitrogens with one attached hydrogen (secondary N) is 3. The van der Waals surface area contributed by atoms with Crippen LogP contribution in [0.25, 0.3) is 0 Å². The van der Waals surface area contributed by atoms with Crippen molar-refractivity contribution in [1.29, 1.82) is 0 Å². The first-order valence-electron chi connectivity index (χ1n) is 9.36. The zero-order chi connectivity index (χ0) is 23.3. The van der Waals surface area contributed by atoms with E-state index in [4.69, 9.17) is 4.42 Å². The van der Waals surface area contributed by atoms with Crippen LogP contribution in [0, 0.1) is 0 Å². The lowest BCUT2D eigenvalue weighted by Crippen LogP contribution is -2.41. The highest BCUT2D eigenvalue weighted by molar-refractivity contribution is 6.11. The van der Waals surface area contributed by atoms with Crippen LogP contribution in [0.3, 0.4) is 0 Å². The summed E-state index contributed by atoms with van der Waals surface area (Å²) in [5, 5.41) is 7.43. The normalized spacial score (nSPS) is 12.0. The van der Waals surface area contributed by atoms with E-state index >= 15 is 0 Å². The van der Waals surface area contributed by atoms with Gasteiger partial charge in [0.2, 0.25) is 5.91 Å². The highest BCUT2D eigenvalue weighted by atomic mass is 19.4. The van der Waals surface area contributed by atoms with E-state index in [9.17, 15) is 27.6 Å². The second kappa shape index (κ2) is 9.38. The van der Waals surface area contributed by atoms with Gasteiger partial charge in [0.25, 0.3) is 11.8 Å². The maximum atomic E-state index is 12.9. The lowest BCUT2D eigenvalue weighted by molar-refractivity contribution is -0.137. The minimum atomic E-state index is -4.55. The Labute approximate surface area is 180 Å². The smallest absolute Gasteiger partial charge is 0.416 e. The minimum absolute atomic E-state index is 0.0339. The number of halogens is 3. The number of anilines is 2. The number of carbonyl (C=O) groups excluding carboxylic acids is 3. The predicted octanol–water partition coefficient (Wildman–Crippen LogP) is 4.31. The zero-order valence-electron chi connectivity index (χ0n) is 16.7. The standard InChI is InChI=1S/C22H18F3N3O4/c1-13(26-20(30)14-9-10-32-12-14)19(29)28-18-8-3-2-7-17(18)21(31)27-16-6-4-5-15(11-16)22(23,24)25/h2-13H,1H3,(H,26,30)(H,27,31)(H,28,29)/t13-/m0/s1. The molecule has 1 aromatic heterocycles. The van der Waals surface area contributed by atoms with Gasteiger partial charge in [-0.3, -0.25) is 14.4 Å². The lowest BCUT2D eigenvalue weighted by Gasteiger charge is -2.16. The van der Waals surface area contributed by atoms with Crippen LogP contribution in [0.5, 0.6) is 0 Å². The molecule has 0 bridgehead atoms. The van der Waals surface area contributed by atoms with E-state index in [0.29, 0.717) is 0 Å². The predicted molar refractivity (Wildman–Crippen MR) is 110 cm³/mol. The second-order valence-electron chi connectivity index (χ2n) is 6.77. The molecule has 3 N–H and O–H groups in total. The van der Waals surface area contributed by atoms with Crippen LogP contribution in [0.1, 0.15) is 33.2 Å². The third-order valence-corrected chi connectivity index (χ3v) is 4.40. The Hall–Kier alpha value is -4.08. The maximum Gasteiger partial charge on any atom is 0.416 e. The van der Waals surface area contributed by atoms with Gasteiger partial charge >= 0.3 is 6.18 Å². The van der Waals surface area contributed by atoms with Gasteiger partial charge in [0.1, 0.15) is 12.3 Å². The molecule has 0 aliphatic rings. The van der Waals surface area contributed by atoms with Crippen molar-refractivity contribution >= 4 is 29.1 Å². The van der Waals surface area contributed by atoms with Gasteiger partial charge in [-0.25, -0.2) is 0 Å². The molecule has 0 fully saturated rings. The van der Waals surface area contributed by atoms with Crippen LogP contribution in [-0.4, -0.2) is 23.8 Å². The molecular formula is C22H18F3N3O4. The van der Waals surface area contributed by atoms with Crippen LogP contribution in [-0.2, 0) is 11.0 Å². The monoisotopic (exact) mass is 445 g/mol. The van der Waals surface area contributed by atoms with Crippen LogP contribution >= 0.6 is 0 Å². The first-order valence-corrected chi connectivity index (χ1v) is 9.36. The molecule has 0 spiro atoms. The molecule has 3 aromatic rings. The number of rotatable bonds is 6. The minimum Gasteiger partial charge on any atom is -0.472 e. The first-order chi connectivity index (χ1) is 15.1. The van der Waals surface area contributed by atoms with Crippen molar-refractivity contribution in [1.82, 2.24) is 5.32 Å². The van der Waals surface area contributed by atoms with Gasteiger partial charge in [-0.05, 0) is 43.3 Å². The second-order valence-corrected chi connectivity index (χ2v) is 6.77. The largest absolute Gasteiger partial charge is 0.472 e. The molecule has 0 aliphatic heterocycles. The number of para-hydroxylation sites is 1. The number of furan rings is 1. The number of alkyl halides is 3. The van der Waals surface area contributed by atoms with E-state index in [1.54, 1.807) is 12.1 Å². The highest BCUT2D eigenvalue weighted by Gasteiger charge is 2.30. The van der Waals surface area contributed by atoms with Crippen LogP contribution in [0.4, 0.5) is 24.5 Å². The van der Waals surface area contributed by atoms with Gasteiger partial charge in [-0.1, -0.05) is 18.2 Å². The summed E-state index contributed by atoms with van der Waals surface area (Å²) in [4.78, 5) is 37.2. The topological polar surface area (TPSA) is 100 Å². The molecule has 3 rings (SSSR count). The fraction of sp³-hybridized carbons (Fsp3) is 0.136. The quantitative estimate of drug-likeness (QED) is 0.527. The summed E-state index contributed by atoms with van der Waals surface area (Å²) in [6.07, 6.45) is -2.00. The van der Waals surface area contributed by atoms with E-state index in [-0.39, 0.29) is 22.5 Å². The third kappa shape index (κ3) is 5.54. The van der Waals surface area contributed by atoms with Gasteiger partial charge in [0.15, 0.2) is 0 Å². The number of hydrogen-bond donors (Lipinski definition) is 3. The van der Waals surface area contributed by atoms with Crippen molar-refractivity contribution in [3.63, 3.8) is 0 Å². The van der Waals surface area contributed by atoms with E-state index in [2.05, 4.69) is 16.0 Å². The molecule has 166 valence electrons. The highest BCUT2D eigenvalue weighted by Crippen LogP contribution is 2.31. The molecule has 32 heavy (non-hydrogen) atoms. The average Bonchev–Trinajstić information content (AvgIpc) is 3.28. The Kier molecular flexibility index (Phi) is 6.62. The van der Waals surface area contributed by atoms with Crippen molar-refractivity contribution in [3.05, 3.63) is 83.8 Å². The lowest BCUT2D eigenvalue weighted by atomic mass is 10.1. The van der Waals surface area contributed by atoms with Crippen LogP contribution < -0.4 is 16.0 Å². The third-order valence-electron chi connectivity index (χ3n) is 4.40. The number of amides is 3. The molecule has 10 heteroatoms. The molecule has 1 heterocycles. The van der Waals surface area contributed by atoms with Crippen molar-refractivity contribution in [2.45, 2.75) is 19.1 Å². The van der Waals surface area contributed by atoms with Crippen molar-refractivity contribution in [2.75, 3.05) is 10.6 Å². The van der Waals surface area contributed by atoms with E-state index in [1.807, 2.05) is 0 Å². The van der Waals surface area contributed by atoms with Crippen LogP contribution in [0.2, 0.25) is 0 Å². The maximum absolute atomic E-state index is 12.9. The van der Waals surface area contributed by atoms with Crippen molar-refractivity contribution in [2.24, 2.45) is 0 Å². The Morgan fingerprint density at radius 3 is 2.38 bits per heavy atom. The molecule has 3 amide bonds. The fourth-order valence-corrected chi connectivity index (χ4v) is 2.74. The molecule has 0 radical (unpaired) electrons. The SMILES string of the molecule is C[C@H](NC(=O)c1ccoc1)C(=O)Nc1ccccc1C(=O)Nc1cccc(C(F)(F)F)c1. The Morgan fingerprint density at radius 2 is 1.69 bits per heavy atom. The average molecular weight is 445 g/mol. The van der Waals surface area contributed by atoms with Gasteiger partial charge in [-0.15, -0.1) is 0 Å². The fourth-order valence-electron chi connectivity index (χ4n) is 2.74. The number of carbonyl (C=O) groups is 3. The van der Waals surface area contributed by atoms with Gasteiger partial charge in [0, 0.05) is 5.69 Å². The first kappa shape index (κ1) is 22.6. The Balaban J connectivity index is 1.70. The summed E-state index contributed by atoms with van der Waals surface area (Å²) in [5.74, 6) is -1.83. The van der Waals surface area contributed by atoms with E-state index < -0.39 is 35.5 Å².